The van der Waals surface area contributed by atoms with E-state index in [1.165, 1.54) is 0 Å². The van der Waals surface area contributed by atoms with Gasteiger partial charge in [-0.3, -0.25) is 0 Å². The number of hydrogen-bond donors (Lipinski definition) is 1. The third-order valence-corrected chi connectivity index (χ3v) is 2.15. The first-order chi connectivity index (χ1) is 8.04. The maximum Gasteiger partial charge on any atom is 0.327 e. The summed E-state index contributed by atoms with van der Waals surface area (Å²) >= 11 is 0. The van der Waals surface area contributed by atoms with E-state index in [1.807, 2.05) is 13.8 Å². The average molecular weight is 237 g/mol. The van der Waals surface area contributed by atoms with E-state index in [0.717, 1.165) is 11.3 Å². The summed E-state index contributed by atoms with van der Waals surface area (Å²) in [6.45, 7) is 6.00. The Bertz CT molecular complexity index is 359. The molecule has 2 N–H and O–H groups in total. The van der Waals surface area contributed by atoms with E-state index in [2.05, 4.69) is 0 Å². The molecular formula is C13H19NO3. The van der Waals surface area contributed by atoms with Gasteiger partial charge < -0.3 is 15.2 Å². The van der Waals surface area contributed by atoms with Crippen LogP contribution in [0, 0.1) is 0 Å². The lowest BCUT2D eigenvalue weighted by atomic mass is 10.1. The number of rotatable bonds is 5. The Balaban J connectivity index is 2.70. The highest BCUT2D eigenvalue weighted by molar-refractivity contribution is 5.77. The molecule has 4 heteroatoms. The maximum absolute atomic E-state index is 11.4. The molecule has 1 aromatic carbocycles. The first-order valence-corrected chi connectivity index (χ1v) is 5.73. The molecular weight excluding hydrogens is 218 g/mol. The number of carbonyl (C=O) groups is 1. The first-order valence-electron chi connectivity index (χ1n) is 5.73. The molecule has 1 rings (SSSR count). The van der Waals surface area contributed by atoms with E-state index in [4.69, 9.17) is 15.2 Å². The van der Waals surface area contributed by atoms with Crippen molar-refractivity contribution in [3.63, 3.8) is 0 Å². The molecule has 17 heavy (non-hydrogen) atoms. The number of esters is 1. The first kappa shape index (κ1) is 13.5. The second-order valence-corrected chi connectivity index (χ2v) is 3.97. The third-order valence-electron chi connectivity index (χ3n) is 2.15. The van der Waals surface area contributed by atoms with Gasteiger partial charge in [0.25, 0.3) is 0 Å². The molecule has 0 unspecified atom stereocenters. The van der Waals surface area contributed by atoms with Gasteiger partial charge in [0.1, 0.15) is 11.8 Å². The van der Waals surface area contributed by atoms with Gasteiger partial charge in [0.15, 0.2) is 0 Å². The quantitative estimate of drug-likeness (QED) is 0.796. The van der Waals surface area contributed by atoms with Crippen molar-refractivity contribution >= 4 is 5.97 Å². The molecule has 0 fully saturated rings. The van der Waals surface area contributed by atoms with Gasteiger partial charge in [-0.1, -0.05) is 12.1 Å². The van der Waals surface area contributed by atoms with Gasteiger partial charge in [-0.2, -0.15) is 0 Å². The highest BCUT2D eigenvalue weighted by atomic mass is 16.5. The Morgan fingerprint density at radius 2 is 1.88 bits per heavy atom. The lowest BCUT2D eigenvalue weighted by Crippen LogP contribution is -2.23. The summed E-state index contributed by atoms with van der Waals surface area (Å²) in [6, 6.07) is 6.42. The molecule has 94 valence electrons. The largest absolute Gasteiger partial charge is 0.491 e. The van der Waals surface area contributed by atoms with Crippen LogP contribution >= 0.6 is 0 Å². The van der Waals surface area contributed by atoms with E-state index in [1.54, 1.807) is 31.2 Å². The Morgan fingerprint density at radius 3 is 2.35 bits per heavy atom. The predicted octanol–water partition coefficient (Wildman–Crippen LogP) is 2.04. The summed E-state index contributed by atoms with van der Waals surface area (Å²) in [7, 11) is 0. The molecule has 0 aliphatic rings. The van der Waals surface area contributed by atoms with Gasteiger partial charge in [0.05, 0.1) is 12.7 Å². The summed E-state index contributed by atoms with van der Waals surface area (Å²) in [5.41, 5.74) is 6.48. The lowest BCUT2D eigenvalue weighted by molar-refractivity contribution is -0.144. The summed E-state index contributed by atoms with van der Waals surface area (Å²) < 4.78 is 10.4. The Labute approximate surface area is 102 Å². The molecule has 0 heterocycles. The summed E-state index contributed by atoms with van der Waals surface area (Å²) in [5.74, 6) is 0.352. The predicted molar refractivity (Wildman–Crippen MR) is 65.8 cm³/mol. The highest BCUT2D eigenvalue weighted by Gasteiger charge is 2.16. The number of benzene rings is 1. The molecule has 0 amide bonds. The fraction of sp³-hybridized carbons (Fsp3) is 0.462. The zero-order valence-electron chi connectivity index (χ0n) is 10.5. The number of ether oxygens (including phenoxy) is 2. The minimum absolute atomic E-state index is 0.125. The highest BCUT2D eigenvalue weighted by Crippen LogP contribution is 2.18. The molecule has 0 saturated carbocycles. The van der Waals surface area contributed by atoms with Gasteiger partial charge >= 0.3 is 5.97 Å². The van der Waals surface area contributed by atoms with Crippen molar-refractivity contribution in [1.29, 1.82) is 0 Å². The lowest BCUT2D eigenvalue weighted by Gasteiger charge is -2.13. The third kappa shape index (κ3) is 4.07. The SMILES string of the molecule is CCOC(=O)[C@@H](N)c1ccc(OC(C)C)cc1. The van der Waals surface area contributed by atoms with Crippen LogP contribution < -0.4 is 10.5 Å². The second kappa shape index (κ2) is 6.25. The van der Waals surface area contributed by atoms with Crippen molar-refractivity contribution in [2.45, 2.75) is 32.9 Å². The van der Waals surface area contributed by atoms with Crippen molar-refractivity contribution < 1.29 is 14.3 Å². The van der Waals surface area contributed by atoms with Gasteiger partial charge in [0, 0.05) is 0 Å². The zero-order valence-corrected chi connectivity index (χ0v) is 10.5. The van der Waals surface area contributed by atoms with Crippen molar-refractivity contribution in [3.8, 4) is 5.75 Å². The topological polar surface area (TPSA) is 61.5 Å². The summed E-state index contributed by atoms with van der Waals surface area (Å²) in [5, 5.41) is 0. The monoisotopic (exact) mass is 237 g/mol. The number of carbonyl (C=O) groups excluding carboxylic acids is 1. The van der Waals surface area contributed by atoms with Crippen molar-refractivity contribution in [3.05, 3.63) is 29.8 Å². The smallest absolute Gasteiger partial charge is 0.327 e. The van der Waals surface area contributed by atoms with Gasteiger partial charge in [-0.25, -0.2) is 4.79 Å². The van der Waals surface area contributed by atoms with Crippen LogP contribution in [0.2, 0.25) is 0 Å². The Morgan fingerprint density at radius 1 is 1.29 bits per heavy atom. The van der Waals surface area contributed by atoms with E-state index < -0.39 is 12.0 Å². The summed E-state index contributed by atoms with van der Waals surface area (Å²) in [4.78, 5) is 11.4. The molecule has 4 nitrogen and oxygen atoms in total. The minimum atomic E-state index is -0.733. The molecule has 0 spiro atoms. The van der Waals surface area contributed by atoms with Gasteiger partial charge in [-0.15, -0.1) is 0 Å². The van der Waals surface area contributed by atoms with Crippen molar-refractivity contribution in [1.82, 2.24) is 0 Å². The van der Waals surface area contributed by atoms with Crippen LogP contribution in [0.25, 0.3) is 0 Å². The van der Waals surface area contributed by atoms with Crippen molar-refractivity contribution in [2.24, 2.45) is 5.73 Å². The standard InChI is InChI=1S/C13H19NO3/c1-4-16-13(15)12(14)10-5-7-11(8-6-10)17-9(2)3/h5-9,12H,4,14H2,1-3H3/t12-/m0/s1. The Kier molecular flexibility index (Phi) is 4.97. The van der Waals surface area contributed by atoms with Gasteiger partial charge in [-0.05, 0) is 38.5 Å². The van der Waals surface area contributed by atoms with Crippen LogP contribution in [0.15, 0.2) is 24.3 Å². The molecule has 0 aliphatic heterocycles. The van der Waals surface area contributed by atoms with E-state index >= 15 is 0 Å². The molecule has 0 saturated heterocycles. The Hall–Kier alpha value is -1.55. The van der Waals surface area contributed by atoms with Crippen LogP contribution in [0.3, 0.4) is 0 Å². The fourth-order valence-electron chi connectivity index (χ4n) is 1.39. The zero-order chi connectivity index (χ0) is 12.8. The van der Waals surface area contributed by atoms with E-state index in [9.17, 15) is 4.79 Å². The fourth-order valence-corrected chi connectivity index (χ4v) is 1.39. The minimum Gasteiger partial charge on any atom is -0.491 e. The number of hydrogen-bond acceptors (Lipinski definition) is 4. The van der Waals surface area contributed by atoms with Gasteiger partial charge in [0.2, 0.25) is 0 Å². The van der Waals surface area contributed by atoms with Crippen LogP contribution in [-0.2, 0) is 9.53 Å². The molecule has 0 aromatic heterocycles. The van der Waals surface area contributed by atoms with Crippen LogP contribution in [-0.4, -0.2) is 18.7 Å². The molecule has 1 aromatic rings. The normalized spacial score (nSPS) is 12.3. The molecule has 0 radical (unpaired) electrons. The maximum atomic E-state index is 11.4. The van der Waals surface area contributed by atoms with Crippen LogP contribution in [0.1, 0.15) is 32.4 Å². The van der Waals surface area contributed by atoms with Crippen LogP contribution in [0.4, 0.5) is 0 Å². The average Bonchev–Trinajstić information content (AvgIpc) is 2.28. The van der Waals surface area contributed by atoms with E-state index in [0.29, 0.717) is 6.61 Å². The van der Waals surface area contributed by atoms with Crippen molar-refractivity contribution in [2.75, 3.05) is 6.61 Å². The second-order valence-electron chi connectivity index (χ2n) is 3.97. The summed E-state index contributed by atoms with van der Waals surface area (Å²) in [6.07, 6.45) is 0.125. The van der Waals surface area contributed by atoms with E-state index in [-0.39, 0.29) is 6.10 Å². The molecule has 1 atom stereocenters. The number of nitrogens with two attached hydrogens (primary N) is 1. The molecule has 0 bridgehead atoms. The molecule has 0 aliphatic carbocycles. The van der Waals surface area contributed by atoms with Crippen LogP contribution in [0.5, 0.6) is 5.75 Å².